The number of aliphatic hydroxyl groups excluding tert-OH is 4. The third-order valence-electron chi connectivity index (χ3n) is 3.72. The van der Waals surface area contributed by atoms with Crippen LogP contribution in [-0.2, 0) is 4.74 Å². The molecule has 5 atom stereocenters. The van der Waals surface area contributed by atoms with E-state index in [0.717, 1.165) is 10.9 Å². The summed E-state index contributed by atoms with van der Waals surface area (Å²) >= 11 is 9.17. The fraction of sp³-hybridized carbons (Fsp3) is 0.429. The summed E-state index contributed by atoms with van der Waals surface area (Å²) in [5.41, 5.74) is 0.779. The number of nitrogens with one attached hydrogen (secondary N) is 1. The van der Waals surface area contributed by atoms with E-state index in [-0.39, 0.29) is 5.88 Å². The highest BCUT2D eigenvalue weighted by molar-refractivity contribution is 9.10. The number of rotatable bonds is 3. The number of aromatic amines is 1. The lowest BCUT2D eigenvalue weighted by molar-refractivity contribution is -0.309. The number of aromatic nitrogens is 1. The van der Waals surface area contributed by atoms with E-state index in [1.807, 2.05) is 24.3 Å². The van der Waals surface area contributed by atoms with Crippen LogP contribution in [-0.4, -0.2) is 60.1 Å². The normalized spacial score (nSPS) is 37.9. The Kier molecular flexibility index (Phi) is 4.35. The minimum absolute atomic E-state index is 0.191. The fourth-order valence-electron chi connectivity index (χ4n) is 2.44. The Morgan fingerprint density at radius 1 is 1.26 bits per heavy atom. The van der Waals surface area contributed by atoms with Gasteiger partial charge < -0.3 is 34.9 Å². The molecule has 1 aromatic carbocycles. The molecule has 1 aliphatic heterocycles. The summed E-state index contributed by atoms with van der Waals surface area (Å²) in [5, 5.41) is 38.0. The van der Waals surface area contributed by atoms with Crippen molar-refractivity contribution < 1.29 is 29.9 Å². The summed E-state index contributed by atoms with van der Waals surface area (Å²) in [5.74, 6) is 0.191. The Hall–Kier alpha value is -0.870. The second kappa shape index (κ2) is 5.89. The standard InChI is InChI=1S/C14H15BrClNO6/c15-13(6-18)11(20)10(19)12(21)14(16,23-13)22-9-5-7-3-1-2-4-8(7)17-9/h1-5,10-12,17-21H,6H2/t10-,11+,12+,13+,14-/m0/s1. The quantitative estimate of drug-likeness (QED) is 0.476. The molecule has 1 aliphatic rings. The van der Waals surface area contributed by atoms with Crippen LogP contribution < -0.4 is 4.74 Å². The molecule has 0 unspecified atom stereocenters. The summed E-state index contributed by atoms with van der Waals surface area (Å²) in [7, 11) is 0. The van der Waals surface area contributed by atoms with Crippen LogP contribution in [0.25, 0.3) is 10.9 Å². The van der Waals surface area contributed by atoms with Crippen molar-refractivity contribution >= 4 is 38.4 Å². The Balaban J connectivity index is 1.92. The number of alkyl halides is 2. The number of H-pyrrole nitrogens is 1. The van der Waals surface area contributed by atoms with Crippen LogP contribution in [0.1, 0.15) is 0 Å². The molecule has 0 radical (unpaired) electrons. The lowest BCUT2D eigenvalue weighted by Crippen LogP contribution is -2.68. The van der Waals surface area contributed by atoms with Gasteiger partial charge in [-0.15, -0.1) is 0 Å². The highest BCUT2D eigenvalue weighted by Gasteiger charge is 2.61. The topological polar surface area (TPSA) is 115 Å². The molecular formula is C14H15BrClNO6. The molecule has 0 spiro atoms. The van der Waals surface area contributed by atoms with Crippen molar-refractivity contribution in [1.82, 2.24) is 4.98 Å². The van der Waals surface area contributed by atoms with Gasteiger partial charge in [-0.3, -0.25) is 0 Å². The van der Waals surface area contributed by atoms with Crippen molar-refractivity contribution in [2.75, 3.05) is 6.61 Å². The number of ether oxygens (including phenoxy) is 2. The molecule has 2 heterocycles. The molecule has 0 bridgehead atoms. The molecule has 0 saturated carbocycles. The van der Waals surface area contributed by atoms with E-state index < -0.39 is 34.7 Å². The van der Waals surface area contributed by atoms with Crippen molar-refractivity contribution in [2.24, 2.45) is 0 Å². The third-order valence-corrected chi connectivity index (χ3v) is 4.98. The van der Waals surface area contributed by atoms with Gasteiger partial charge in [0.05, 0.1) is 6.61 Å². The number of benzene rings is 1. The highest BCUT2D eigenvalue weighted by atomic mass is 79.9. The largest absolute Gasteiger partial charge is 0.430 e. The Labute approximate surface area is 144 Å². The Morgan fingerprint density at radius 2 is 1.96 bits per heavy atom. The number of fused-ring (bicyclic) bond motifs is 1. The van der Waals surface area contributed by atoms with Gasteiger partial charge in [0, 0.05) is 17.0 Å². The average molecular weight is 409 g/mol. The highest BCUT2D eigenvalue weighted by Crippen LogP contribution is 2.43. The molecule has 2 aromatic rings. The molecule has 5 N–H and O–H groups in total. The van der Waals surface area contributed by atoms with Crippen molar-refractivity contribution in [1.29, 1.82) is 0 Å². The maximum atomic E-state index is 10.1. The van der Waals surface area contributed by atoms with Gasteiger partial charge in [0.15, 0.2) is 16.5 Å². The van der Waals surface area contributed by atoms with E-state index in [1.165, 1.54) is 0 Å². The first-order valence-corrected chi connectivity index (χ1v) is 7.96. The van der Waals surface area contributed by atoms with Crippen molar-refractivity contribution in [3.05, 3.63) is 30.3 Å². The van der Waals surface area contributed by atoms with Crippen LogP contribution in [0.5, 0.6) is 5.88 Å². The molecule has 7 nitrogen and oxygen atoms in total. The zero-order chi connectivity index (χ0) is 16.8. The molecular weight excluding hydrogens is 394 g/mol. The first kappa shape index (κ1) is 17.0. The summed E-state index contributed by atoms with van der Waals surface area (Å²) < 4.78 is 9.04. The lowest BCUT2D eigenvalue weighted by atomic mass is 9.99. The van der Waals surface area contributed by atoms with Crippen LogP contribution in [0.3, 0.4) is 0 Å². The summed E-state index contributed by atoms with van der Waals surface area (Å²) in [6.45, 7) is -0.706. The molecule has 23 heavy (non-hydrogen) atoms. The van der Waals surface area contributed by atoms with Gasteiger partial charge in [-0.1, -0.05) is 18.2 Å². The molecule has 9 heteroatoms. The second-order valence-electron chi connectivity index (χ2n) is 5.33. The Morgan fingerprint density at radius 3 is 2.61 bits per heavy atom. The van der Waals surface area contributed by atoms with Crippen LogP contribution in [0.2, 0.25) is 0 Å². The van der Waals surface area contributed by atoms with Gasteiger partial charge in [-0.25, -0.2) is 0 Å². The third kappa shape index (κ3) is 2.85. The van der Waals surface area contributed by atoms with Crippen LogP contribution >= 0.6 is 27.5 Å². The first-order chi connectivity index (χ1) is 10.8. The minimum Gasteiger partial charge on any atom is -0.430 e. The van der Waals surface area contributed by atoms with E-state index in [1.54, 1.807) is 6.07 Å². The van der Waals surface area contributed by atoms with Crippen LogP contribution in [0, 0.1) is 0 Å². The van der Waals surface area contributed by atoms with Gasteiger partial charge >= 0.3 is 5.25 Å². The summed E-state index contributed by atoms with van der Waals surface area (Å²) in [6.07, 6.45) is -5.07. The monoisotopic (exact) mass is 407 g/mol. The fourth-order valence-corrected chi connectivity index (χ4v) is 3.40. The number of halogens is 2. The Bertz CT molecular complexity index is 680. The van der Waals surface area contributed by atoms with E-state index in [9.17, 15) is 20.4 Å². The van der Waals surface area contributed by atoms with Gasteiger partial charge in [-0.2, -0.15) is 0 Å². The molecule has 1 fully saturated rings. The van der Waals surface area contributed by atoms with E-state index in [4.69, 9.17) is 21.1 Å². The molecule has 1 aromatic heterocycles. The molecule has 1 saturated heterocycles. The second-order valence-corrected chi connectivity index (χ2v) is 7.20. The molecule has 0 aliphatic carbocycles. The molecule has 126 valence electrons. The smallest absolute Gasteiger partial charge is 0.322 e. The van der Waals surface area contributed by atoms with Crippen LogP contribution in [0.4, 0.5) is 0 Å². The summed E-state index contributed by atoms with van der Waals surface area (Å²) in [4.78, 5) is 2.94. The predicted octanol–water partition coefficient (Wildman–Crippen LogP) is 0.636. The van der Waals surface area contributed by atoms with Gasteiger partial charge in [0.1, 0.15) is 12.2 Å². The minimum atomic E-state index is -2.22. The van der Waals surface area contributed by atoms with Gasteiger partial charge in [0.2, 0.25) is 0 Å². The van der Waals surface area contributed by atoms with Crippen molar-refractivity contribution in [3.8, 4) is 5.88 Å². The SMILES string of the molecule is OC[C@@]1(Br)O[C@@](Cl)(Oc2cc3ccccc3[nH]2)[C@H](O)[C@@H](O)[C@H]1O. The lowest BCUT2D eigenvalue weighted by Gasteiger charge is -2.48. The summed E-state index contributed by atoms with van der Waals surface area (Å²) in [6, 6.07) is 8.99. The number of hydrogen-bond donors (Lipinski definition) is 5. The van der Waals surface area contributed by atoms with Crippen molar-refractivity contribution in [2.45, 2.75) is 28.1 Å². The van der Waals surface area contributed by atoms with E-state index in [0.29, 0.717) is 0 Å². The van der Waals surface area contributed by atoms with E-state index in [2.05, 4.69) is 20.9 Å². The number of hydrogen-bond acceptors (Lipinski definition) is 6. The van der Waals surface area contributed by atoms with Gasteiger partial charge in [0.25, 0.3) is 0 Å². The zero-order valence-corrected chi connectivity index (χ0v) is 14.0. The average Bonchev–Trinajstić information content (AvgIpc) is 2.93. The zero-order valence-electron chi connectivity index (χ0n) is 11.7. The van der Waals surface area contributed by atoms with Gasteiger partial charge in [-0.05, 0) is 33.6 Å². The predicted molar refractivity (Wildman–Crippen MR) is 85.4 cm³/mol. The molecule has 3 rings (SSSR count). The maximum Gasteiger partial charge on any atom is 0.322 e. The first-order valence-electron chi connectivity index (χ1n) is 6.79. The maximum absolute atomic E-state index is 10.1. The van der Waals surface area contributed by atoms with Crippen molar-refractivity contribution in [3.63, 3.8) is 0 Å². The number of para-hydroxylation sites is 1. The number of aliphatic hydroxyl groups is 4. The molecule has 0 amide bonds. The van der Waals surface area contributed by atoms with Crippen LogP contribution in [0.15, 0.2) is 30.3 Å². The van der Waals surface area contributed by atoms with E-state index >= 15 is 0 Å².